The Balaban J connectivity index is 2.46. The summed E-state index contributed by atoms with van der Waals surface area (Å²) in [6.07, 6.45) is 3.64. The van der Waals surface area contributed by atoms with Crippen molar-refractivity contribution >= 4 is 12.0 Å². The van der Waals surface area contributed by atoms with Gasteiger partial charge in [0.05, 0.1) is 13.0 Å². The van der Waals surface area contributed by atoms with Crippen LogP contribution in [-0.4, -0.2) is 30.7 Å². The second kappa shape index (κ2) is 9.01. The SMILES string of the molecule is CCOC(=O)CC(C)NC(=O)N[C@H]1C[C@H](C)CC[C@H]1C(C)C. The molecule has 2 N–H and O–H groups in total. The van der Waals surface area contributed by atoms with Crippen LogP contribution in [0.5, 0.6) is 0 Å². The van der Waals surface area contributed by atoms with E-state index in [1.807, 2.05) is 6.92 Å². The minimum Gasteiger partial charge on any atom is -0.466 e. The molecular formula is C17H32N2O3. The maximum absolute atomic E-state index is 12.2. The Morgan fingerprint density at radius 3 is 2.50 bits per heavy atom. The van der Waals surface area contributed by atoms with Crippen molar-refractivity contribution in [2.75, 3.05) is 6.61 Å². The van der Waals surface area contributed by atoms with Crippen molar-refractivity contribution < 1.29 is 14.3 Å². The number of rotatable bonds is 6. The van der Waals surface area contributed by atoms with Gasteiger partial charge in [-0.2, -0.15) is 0 Å². The van der Waals surface area contributed by atoms with Gasteiger partial charge in [-0.3, -0.25) is 4.79 Å². The molecule has 1 unspecified atom stereocenters. The molecule has 1 fully saturated rings. The summed E-state index contributed by atoms with van der Waals surface area (Å²) in [6, 6.07) is -0.183. The zero-order chi connectivity index (χ0) is 16.7. The molecule has 0 aliphatic heterocycles. The third kappa shape index (κ3) is 6.24. The highest BCUT2D eigenvalue weighted by Crippen LogP contribution is 2.33. The first kappa shape index (κ1) is 18.8. The Hall–Kier alpha value is -1.26. The molecule has 0 bridgehead atoms. The smallest absolute Gasteiger partial charge is 0.315 e. The van der Waals surface area contributed by atoms with E-state index in [-0.39, 0.29) is 30.5 Å². The molecule has 5 heteroatoms. The summed E-state index contributed by atoms with van der Waals surface area (Å²) in [6.45, 7) is 10.6. The van der Waals surface area contributed by atoms with Gasteiger partial charge in [-0.15, -0.1) is 0 Å². The molecule has 0 radical (unpaired) electrons. The Labute approximate surface area is 134 Å². The summed E-state index contributed by atoms with van der Waals surface area (Å²) >= 11 is 0. The molecule has 1 aliphatic carbocycles. The molecule has 0 saturated heterocycles. The topological polar surface area (TPSA) is 67.4 Å². The number of urea groups is 1. The minimum atomic E-state index is -0.276. The van der Waals surface area contributed by atoms with Crippen molar-refractivity contribution in [2.45, 2.75) is 72.4 Å². The van der Waals surface area contributed by atoms with E-state index in [0.29, 0.717) is 24.4 Å². The van der Waals surface area contributed by atoms with E-state index in [0.717, 1.165) is 6.42 Å². The molecule has 1 saturated carbocycles. The van der Waals surface area contributed by atoms with Gasteiger partial charge in [0.1, 0.15) is 0 Å². The number of carbonyl (C=O) groups excluding carboxylic acids is 2. The lowest BCUT2D eigenvalue weighted by atomic mass is 9.74. The standard InChI is InChI=1S/C17H32N2O3/c1-6-22-16(20)10-13(5)18-17(21)19-15-9-12(4)7-8-14(15)11(2)3/h11-15H,6-10H2,1-5H3,(H2,18,19,21)/t12-,13?,14+,15+/m1/s1. The average molecular weight is 312 g/mol. The highest BCUT2D eigenvalue weighted by atomic mass is 16.5. The molecule has 0 aromatic rings. The van der Waals surface area contributed by atoms with Crippen molar-refractivity contribution in [2.24, 2.45) is 17.8 Å². The summed E-state index contributed by atoms with van der Waals surface area (Å²) in [4.78, 5) is 23.6. The van der Waals surface area contributed by atoms with Crippen molar-refractivity contribution in [1.82, 2.24) is 10.6 Å². The predicted octanol–water partition coefficient (Wildman–Crippen LogP) is 3.09. The first-order chi connectivity index (χ1) is 10.3. The second-order valence-electron chi connectivity index (χ2n) is 6.96. The van der Waals surface area contributed by atoms with Gasteiger partial charge in [-0.25, -0.2) is 4.79 Å². The zero-order valence-electron chi connectivity index (χ0n) is 14.6. The van der Waals surface area contributed by atoms with Crippen LogP contribution in [0.2, 0.25) is 0 Å². The number of ether oxygens (including phenoxy) is 1. The van der Waals surface area contributed by atoms with Crippen LogP contribution in [0, 0.1) is 17.8 Å². The molecule has 22 heavy (non-hydrogen) atoms. The molecule has 0 aromatic carbocycles. The fourth-order valence-electron chi connectivity index (χ4n) is 3.32. The normalized spacial score (nSPS) is 26.4. The molecule has 1 rings (SSSR count). The first-order valence-electron chi connectivity index (χ1n) is 8.56. The van der Waals surface area contributed by atoms with E-state index in [4.69, 9.17) is 4.74 Å². The Morgan fingerprint density at radius 1 is 1.23 bits per heavy atom. The molecule has 1 aliphatic rings. The second-order valence-corrected chi connectivity index (χ2v) is 6.96. The van der Waals surface area contributed by atoms with Gasteiger partial charge in [-0.05, 0) is 44.4 Å². The highest BCUT2D eigenvalue weighted by Gasteiger charge is 2.31. The van der Waals surface area contributed by atoms with Gasteiger partial charge in [0.15, 0.2) is 0 Å². The van der Waals surface area contributed by atoms with Gasteiger partial charge >= 0.3 is 12.0 Å². The van der Waals surface area contributed by atoms with Crippen LogP contribution in [0.1, 0.15) is 60.3 Å². The lowest BCUT2D eigenvalue weighted by molar-refractivity contribution is -0.143. The van der Waals surface area contributed by atoms with Crippen LogP contribution in [0.4, 0.5) is 4.79 Å². The van der Waals surface area contributed by atoms with Gasteiger partial charge < -0.3 is 15.4 Å². The fraction of sp³-hybridized carbons (Fsp3) is 0.882. The number of amides is 2. The summed E-state index contributed by atoms with van der Waals surface area (Å²) < 4.78 is 4.90. The summed E-state index contributed by atoms with van der Waals surface area (Å²) in [5, 5.41) is 5.95. The summed E-state index contributed by atoms with van der Waals surface area (Å²) in [5.41, 5.74) is 0. The van der Waals surface area contributed by atoms with Crippen LogP contribution >= 0.6 is 0 Å². The average Bonchev–Trinajstić information content (AvgIpc) is 2.37. The molecule has 0 heterocycles. The molecule has 0 aromatic heterocycles. The third-order valence-corrected chi connectivity index (χ3v) is 4.49. The number of esters is 1. The van der Waals surface area contributed by atoms with E-state index in [1.165, 1.54) is 12.8 Å². The largest absolute Gasteiger partial charge is 0.466 e. The predicted molar refractivity (Wildman–Crippen MR) is 87.5 cm³/mol. The van der Waals surface area contributed by atoms with Crippen molar-refractivity contribution in [1.29, 1.82) is 0 Å². The summed E-state index contributed by atoms with van der Waals surface area (Å²) in [5.74, 6) is 1.47. The van der Waals surface area contributed by atoms with Crippen LogP contribution in [0.25, 0.3) is 0 Å². The third-order valence-electron chi connectivity index (χ3n) is 4.49. The Bertz CT molecular complexity index is 371. The highest BCUT2D eigenvalue weighted by molar-refractivity contribution is 5.76. The van der Waals surface area contributed by atoms with Gasteiger partial charge in [0.2, 0.25) is 0 Å². The summed E-state index contributed by atoms with van der Waals surface area (Å²) in [7, 11) is 0. The van der Waals surface area contributed by atoms with Gasteiger partial charge in [0.25, 0.3) is 0 Å². The zero-order valence-corrected chi connectivity index (χ0v) is 14.6. The van der Waals surface area contributed by atoms with Gasteiger partial charge in [0, 0.05) is 12.1 Å². The molecule has 2 amide bonds. The maximum atomic E-state index is 12.2. The lowest BCUT2D eigenvalue weighted by Crippen LogP contribution is -2.51. The van der Waals surface area contributed by atoms with Crippen molar-refractivity contribution in [3.05, 3.63) is 0 Å². The van der Waals surface area contributed by atoms with Crippen LogP contribution in [0.15, 0.2) is 0 Å². The van der Waals surface area contributed by atoms with Crippen LogP contribution in [0.3, 0.4) is 0 Å². The monoisotopic (exact) mass is 312 g/mol. The minimum absolute atomic E-state index is 0.179. The van der Waals surface area contributed by atoms with E-state index in [1.54, 1.807) is 6.92 Å². The van der Waals surface area contributed by atoms with E-state index >= 15 is 0 Å². The number of hydrogen-bond acceptors (Lipinski definition) is 3. The van der Waals surface area contributed by atoms with E-state index < -0.39 is 0 Å². The molecule has 0 spiro atoms. The molecule has 128 valence electrons. The maximum Gasteiger partial charge on any atom is 0.315 e. The number of nitrogens with one attached hydrogen (secondary N) is 2. The molecular weight excluding hydrogens is 280 g/mol. The Kier molecular flexibility index (Phi) is 7.69. The quantitative estimate of drug-likeness (QED) is 0.741. The van der Waals surface area contributed by atoms with Crippen molar-refractivity contribution in [3.8, 4) is 0 Å². The lowest BCUT2D eigenvalue weighted by Gasteiger charge is -2.37. The van der Waals surface area contributed by atoms with E-state index in [2.05, 4.69) is 31.4 Å². The first-order valence-corrected chi connectivity index (χ1v) is 8.56. The molecule has 5 nitrogen and oxygen atoms in total. The number of hydrogen-bond donors (Lipinski definition) is 2. The Morgan fingerprint density at radius 2 is 1.91 bits per heavy atom. The van der Waals surface area contributed by atoms with Crippen LogP contribution < -0.4 is 10.6 Å². The van der Waals surface area contributed by atoms with Crippen LogP contribution in [-0.2, 0) is 9.53 Å². The van der Waals surface area contributed by atoms with E-state index in [9.17, 15) is 9.59 Å². The van der Waals surface area contributed by atoms with Crippen molar-refractivity contribution in [3.63, 3.8) is 0 Å². The van der Waals surface area contributed by atoms with Gasteiger partial charge in [-0.1, -0.05) is 27.2 Å². The molecule has 4 atom stereocenters. The number of carbonyl (C=O) groups is 2. The fourth-order valence-corrected chi connectivity index (χ4v) is 3.32.